The molecule has 0 aromatic heterocycles. The molecule has 0 saturated heterocycles. The number of fused-ring (bicyclic) bond motifs is 3. The molecule has 3 rings (SSSR count). The van der Waals surface area contributed by atoms with Crippen molar-refractivity contribution in [3.05, 3.63) is 47.3 Å². The third kappa shape index (κ3) is 3.47. The summed E-state index contributed by atoms with van der Waals surface area (Å²) in [6.07, 6.45) is 1.42. The fourth-order valence-electron chi connectivity index (χ4n) is 4.09. The first-order chi connectivity index (χ1) is 15.4. The molecule has 0 amide bonds. The van der Waals surface area contributed by atoms with E-state index in [0.717, 1.165) is 27.0 Å². The molecule has 0 aliphatic carbocycles. The Morgan fingerprint density at radius 3 is 1.97 bits per heavy atom. The molecule has 0 N–H and O–H groups in total. The molecule has 1 aromatic carbocycles. The number of carbonyl (C=O) groups is 4. The summed E-state index contributed by atoms with van der Waals surface area (Å²) in [5.41, 5.74) is 0.786. The molecule has 0 unspecified atom stereocenters. The number of hydrogen-bond acceptors (Lipinski definition) is 10. The van der Waals surface area contributed by atoms with Gasteiger partial charge in [-0.2, -0.15) is 0 Å². The topological polar surface area (TPSA) is 112 Å². The third-order valence-electron chi connectivity index (χ3n) is 5.45. The molecule has 0 radical (unpaired) electrons. The number of benzene rings is 1. The minimum absolute atomic E-state index is 0.215. The maximum Gasteiger partial charge on any atom is 0.338 e. The number of rotatable bonds is 5. The Morgan fingerprint density at radius 2 is 1.44 bits per heavy atom. The van der Waals surface area contributed by atoms with E-state index in [1.54, 1.807) is 17.0 Å². The Morgan fingerprint density at radius 1 is 0.844 bits per heavy atom. The molecule has 0 bridgehead atoms. The minimum atomic E-state index is -1.53. The molecule has 1 aromatic rings. The van der Waals surface area contributed by atoms with Crippen LogP contribution in [0.4, 0.5) is 11.4 Å². The molecule has 2 aliphatic heterocycles. The van der Waals surface area contributed by atoms with Crippen LogP contribution in [0.1, 0.15) is 6.92 Å². The zero-order valence-corrected chi connectivity index (χ0v) is 18.4. The highest BCUT2D eigenvalue weighted by Gasteiger charge is 2.52. The number of ether oxygens (including phenoxy) is 4. The lowest BCUT2D eigenvalue weighted by atomic mass is 9.87. The second kappa shape index (κ2) is 9.13. The molecule has 32 heavy (non-hydrogen) atoms. The second-order valence-corrected chi connectivity index (χ2v) is 6.88. The van der Waals surface area contributed by atoms with Crippen LogP contribution in [0.2, 0.25) is 0 Å². The SMILES string of the molecule is CCN1C2=CC(C(=O)OC)=C(C(=O)OC)[C@H](C(=O)OC)[C@@H](C(=O)OC)N2c2ccccc21. The Balaban J connectivity index is 2.45. The van der Waals surface area contributed by atoms with E-state index in [0.29, 0.717) is 18.1 Å². The maximum absolute atomic E-state index is 13.1. The normalized spacial score (nSPS) is 19.3. The van der Waals surface area contributed by atoms with Crippen LogP contribution < -0.4 is 9.80 Å². The quantitative estimate of drug-likeness (QED) is 0.484. The van der Waals surface area contributed by atoms with Gasteiger partial charge in [0.25, 0.3) is 0 Å². The van der Waals surface area contributed by atoms with E-state index < -0.39 is 35.8 Å². The summed E-state index contributed by atoms with van der Waals surface area (Å²) in [7, 11) is 4.56. The largest absolute Gasteiger partial charge is 0.468 e. The van der Waals surface area contributed by atoms with Crippen LogP contribution in [-0.4, -0.2) is 64.9 Å². The first kappa shape index (κ1) is 22.9. The standard InChI is InChI=1S/C22H24N2O8/c1-6-23-13-9-7-8-10-14(13)24-15(23)11-12(19(25)29-2)16(20(26)30-3)17(21(27)31-4)18(24)22(28)32-5/h7-11,17-18H,6H2,1-5H3/t17-,18-/m0/s1. The minimum Gasteiger partial charge on any atom is -0.468 e. The lowest BCUT2D eigenvalue weighted by molar-refractivity contribution is -0.154. The van der Waals surface area contributed by atoms with Crippen molar-refractivity contribution in [3.63, 3.8) is 0 Å². The predicted octanol–water partition coefficient (Wildman–Crippen LogP) is 1.16. The van der Waals surface area contributed by atoms with Crippen LogP contribution in [-0.2, 0) is 38.1 Å². The van der Waals surface area contributed by atoms with Crippen molar-refractivity contribution >= 4 is 35.3 Å². The van der Waals surface area contributed by atoms with Gasteiger partial charge in [0.05, 0.1) is 51.0 Å². The summed E-state index contributed by atoms with van der Waals surface area (Å²) in [4.78, 5) is 55.1. The number of para-hydroxylation sites is 2. The molecule has 170 valence electrons. The van der Waals surface area contributed by atoms with Crippen molar-refractivity contribution in [2.45, 2.75) is 13.0 Å². The number of nitrogens with zero attached hydrogens (tertiary/aromatic N) is 2. The van der Waals surface area contributed by atoms with Gasteiger partial charge in [0.2, 0.25) is 0 Å². The van der Waals surface area contributed by atoms with Crippen molar-refractivity contribution in [1.29, 1.82) is 0 Å². The van der Waals surface area contributed by atoms with Gasteiger partial charge < -0.3 is 28.7 Å². The maximum atomic E-state index is 13.1. The number of carbonyl (C=O) groups excluding carboxylic acids is 4. The van der Waals surface area contributed by atoms with Gasteiger partial charge in [-0.25, -0.2) is 14.4 Å². The van der Waals surface area contributed by atoms with E-state index >= 15 is 0 Å². The van der Waals surface area contributed by atoms with Gasteiger partial charge in [0, 0.05) is 6.54 Å². The Labute approximate surface area is 184 Å². The first-order valence-electron chi connectivity index (χ1n) is 9.80. The lowest BCUT2D eigenvalue weighted by Gasteiger charge is -2.33. The van der Waals surface area contributed by atoms with Gasteiger partial charge in [0.1, 0.15) is 11.7 Å². The molecular weight excluding hydrogens is 420 g/mol. The average Bonchev–Trinajstić information content (AvgIpc) is 3.04. The third-order valence-corrected chi connectivity index (χ3v) is 5.45. The summed E-state index contributed by atoms with van der Waals surface area (Å²) >= 11 is 0. The highest BCUT2D eigenvalue weighted by Crippen LogP contribution is 2.47. The molecule has 10 heteroatoms. The lowest BCUT2D eigenvalue weighted by Crippen LogP contribution is -2.50. The highest BCUT2D eigenvalue weighted by molar-refractivity contribution is 6.09. The monoisotopic (exact) mass is 444 g/mol. The molecule has 2 atom stereocenters. The Kier molecular flexibility index (Phi) is 6.52. The number of methoxy groups -OCH3 is 4. The summed E-state index contributed by atoms with van der Waals surface area (Å²) in [5.74, 6) is -4.69. The Hall–Kier alpha value is -3.82. The van der Waals surface area contributed by atoms with Gasteiger partial charge in [-0.05, 0) is 25.1 Å². The van der Waals surface area contributed by atoms with Gasteiger partial charge in [-0.15, -0.1) is 0 Å². The first-order valence-corrected chi connectivity index (χ1v) is 9.80. The van der Waals surface area contributed by atoms with Crippen LogP contribution in [0.3, 0.4) is 0 Å². The fraction of sp³-hybridized carbons (Fsp3) is 0.364. The Bertz CT molecular complexity index is 1030. The summed E-state index contributed by atoms with van der Waals surface area (Å²) in [6.45, 7) is 2.36. The molecule has 0 fully saturated rings. The van der Waals surface area contributed by atoms with Crippen molar-refractivity contribution in [2.24, 2.45) is 5.92 Å². The molecule has 2 aliphatic rings. The number of anilines is 2. The van der Waals surface area contributed by atoms with Gasteiger partial charge in [-0.1, -0.05) is 12.1 Å². The zero-order chi connectivity index (χ0) is 23.6. The average molecular weight is 444 g/mol. The summed E-state index contributed by atoms with van der Waals surface area (Å²) in [6, 6.07) is 5.86. The van der Waals surface area contributed by atoms with E-state index in [2.05, 4.69) is 0 Å². The summed E-state index contributed by atoms with van der Waals surface area (Å²) in [5, 5.41) is 0. The second-order valence-electron chi connectivity index (χ2n) is 6.88. The van der Waals surface area contributed by atoms with Crippen molar-refractivity contribution < 1.29 is 38.1 Å². The van der Waals surface area contributed by atoms with Crippen LogP contribution >= 0.6 is 0 Å². The highest BCUT2D eigenvalue weighted by atomic mass is 16.5. The summed E-state index contributed by atoms with van der Waals surface area (Å²) < 4.78 is 19.7. The van der Waals surface area contributed by atoms with Gasteiger partial charge in [0.15, 0.2) is 6.04 Å². The van der Waals surface area contributed by atoms with Crippen molar-refractivity contribution in [3.8, 4) is 0 Å². The van der Waals surface area contributed by atoms with Crippen LogP contribution in [0.5, 0.6) is 0 Å². The van der Waals surface area contributed by atoms with Gasteiger partial charge in [-0.3, -0.25) is 4.79 Å². The predicted molar refractivity (Wildman–Crippen MR) is 112 cm³/mol. The smallest absolute Gasteiger partial charge is 0.338 e. The van der Waals surface area contributed by atoms with E-state index in [4.69, 9.17) is 18.9 Å². The molecule has 2 heterocycles. The number of hydrogen-bond donors (Lipinski definition) is 0. The molecule has 0 saturated carbocycles. The van der Waals surface area contributed by atoms with E-state index in [-0.39, 0.29) is 11.1 Å². The van der Waals surface area contributed by atoms with Gasteiger partial charge >= 0.3 is 23.9 Å². The van der Waals surface area contributed by atoms with Crippen molar-refractivity contribution in [1.82, 2.24) is 0 Å². The zero-order valence-electron chi connectivity index (χ0n) is 18.4. The van der Waals surface area contributed by atoms with Crippen LogP contribution in [0.25, 0.3) is 0 Å². The van der Waals surface area contributed by atoms with Crippen LogP contribution in [0.15, 0.2) is 47.3 Å². The van der Waals surface area contributed by atoms with E-state index in [1.165, 1.54) is 13.2 Å². The molecule has 0 spiro atoms. The molecule has 10 nitrogen and oxygen atoms in total. The van der Waals surface area contributed by atoms with Crippen molar-refractivity contribution in [2.75, 3.05) is 44.8 Å². The van der Waals surface area contributed by atoms with E-state index in [9.17, 15) is 19.2 Å². The number of esters is 4. The van der Waals surface area contributed by atoms with E-state index in [1.807, 2.05) is 24.0 Å². The fourth-order valence-corrected chi connectivity index (χ4v) is 4.09. The van der Waals surface area contributed by atoms with Crippen LogP contribution in [0, 0.1) is 5.92 Å². The molecular formula is C22H24N2O8.